The molecule has 0 aliphatic heterocycles. The number of hydrogen-bond donors (Lipinski definition) is 1. The fourth-order valence-corrected chi connectivity index (χ4v) is 1.97. The van der Waals surface area contributed by atoms with E-state index in [9.17, 15) is 14.4 Å². The van der Waals surface area contributed by atoms with E-state index in [1.165, 1.54) is 0 Å². The van der Waals surface area contributed by atoms with Crippen LogP contribution in [0.25, 0.3) is 0 Å². The number of rotatable bonds is 8. The number of aliphatic carboxylic acids is 1. The van der Waals surface area contributed by atoms with Gasteiger partial charge in [0.1, 0.15) is 0 Å². The molecule has 0 aromatic heterocycles. The van der Waals surface area contributed by atoms with Crippen LogP contribution in [-0.4, -0.2) is 22.6 Å². The predicted molar refractivity (Wildman–Crippen MR) is 83.7 cm³/mol. The van der Waals surface area contributed by atoms with Crippen molar-refractivity contribution in [3.63, 3.8) is 0 Å². The number of carbonyl (C=O) groups is 3. The number of halogens is 1. The normalized spacial score (nSPS) is 10.1. The number of carbonyl (C=O) groups excluding carboxylic acids is 2. The van der Waals surface area contributed by atoms with Crippen LogP contribution in [0.3, 0.4) is 0 Å². The average Bonchev–Trinajstić information content (AvgIpc) is 2.43. The third kappa shape index (κ3) is 5.24. The molecule has 0 fully saturated rings. The van der Waals surface area contributed by atoms with Crippen LogP contribution in [0, 0.1) is 3.57 Å². The van der Waals surface area contributed by atoms with Crippen LogP contribution in [0.5, 0.6) is 0 Å². The number of carboxylic acid groups (broad SMARTS) is 1. The number of hydrogen-bond acceptors (Lipinski definition) is 3. The van der Waals surface area contributed by atoms with Crippen molar-refractivity contribution in [1.82, 2.24) is 0 Å². The summed E-state index contributed by atoms with van der Waals surface area (Å²) in [4.78, 5) is 34.1. The lowest BCUT2D eigenvalue weighted by molar-refractivity contribution is -0.132. The molecule has 0 bridgehead atoms. The van der Waals surface area contributed by atoms with E-state index in [1.54, 1.807) is 24.3 Å². The fourth-order valence-electron chi connectivity index (χ4n) is 1.61. The van der Waals surface area contributed by atoms with Gasteiger partial charge in [-0.25, -0.2) is 4.79 Å². The van der Waals surface area contributed by atoms with Gasteiger partial charge in [-0.3, -0.25) is 9.59 Å². The second-order valence-corrected chi connectivity index (χ2v) is 5.62. The number of benzene rings is 1. The second kappa shape index (κ2) is 7.94. The summed E-state index contributed by atoms with van der Waals surface area (Å²) in [7, 11) is 0. The van der Waals surface area contributed by atoms with Gasteiger partial charge < -0.3 is 5.11 Å². The Labute approximate surface area is 131 Å². The summed E-state index contributed by atoms with van der Waals surface area (Å²) in [5.74, 6) is -1.95. The Morgan fingerprint density at radius 3 is 2.15 bits per heavy atom. The van der Waals surface area contributed by atoms with E-state index in [4.69, 9.17) is 5.11 Å². The van der Waals surface area contributed by atoms with Gasteiger partial charge in [0, 0.05) is 21.1 Å². The highest BCUT2D eigenvalue weighted by Gasteiger charge is 2.15. The van der Waals surface area contributed by atoms with E-state index in [-0.39, 0.29) is 12.0 Å². The smallest absolute Gasteiger partial charge is 0.330 e. The molecule has 0 atom stereocenters. The molecule has 1 rings (SSSR count). The molecule has 0 saturated heterocycles. The molecule has 1 aromatic rings. The SMILES string of the molecule is C=C(CCCCC(=O)C(=O)c1ccc(I)cc1)C(=O)O. The Morgan fingerprint density at radius 2 is 1.60 bits per heavy atom. The van der Waals surface area contributed by atoms with Crippen LogP contribution in [0.2, 0.25) is 0 Å². The molecule has 5 heteroatoms. The molecule has 0 saturated carbocycles. The summed E-state index contributed by atoms with van der Waals surface area (Å²) >= 11 is 2.12. The third-order valence-corrected chi connectivity index (χ3v) is 3.51. The van der Waals surface area contributed by atoms with Gasteiger partial charge in [-0.1, -0.05) is 6.58 Å². The molecule has 106 valence electrons. The zero-order valence-corrected chi connectivity index (χ0v) is 13.1. The highest BCUT2D eigenvalue weighted by atomic mass is 127. The molecule has 20 heavy (non-hydrogen) atoms. The van der Waals surface area contributed by atoms with Crippen LogP contribution < -0.4 is 0 Å². The first kappa shape index (κ1) is 16.6. The summed E-state index contributed by atoms with van der Waals surface area (Å²) in [6, 6.07) is 6.82. The molecule has 0 aliphatic carbocycles. The Morgan fingerprint density at radius 1 is 1.05 bits per heavy atom. The molecule has 0 unspecified atom stereocenters. The number of ketones is 2. The van der Waals surface area contributed by atoms with Crippen molar-refractivity contribution in [2.45, 2.75) is 25.7 Å². The van der Waals surface area contributed by atoms with Crippen LogP contribution in [0.1, 0.15) is 36.0 Å². The molecule has 0 amide bonds. The minimum atomic E-state index is -1.02. The third-order valence-electron chi connectivity index (χ3n) is 2.79. The highest BCUT2D eigenvalue weighted by molar-refractivity contribution is 14.1. The van der Waals surface area contributed by atoms with Crippen molar-refractivity contribution in [2.75, 3.05) is 0 Å². The van der Waals surface area contributed by atoms with Crippen molar-refractivity contribution >= 4 is 40.1 Å². The number of carboxylic acids is 1. The summed E-state index contributed by atoms with van der Waals surface area (Å²) in [5, 5.41) is 8.63. The molecule has 1 aromatic carbocycles. The Balaban J connectivity index is 2.39. The van der Waals surface area contributed by atoms with E-state index < -0.39 is 17.5 Å². The van der Waals surface area contributed by atoms with E-state index in [2.05, 4.69) is 29.2 Å². The highest BCUT2D eigenvalue weighted by Crippen LogP contribution is 2.11. The molecular formula is C15H15IO4. The van der Waals surface area contributed by atoms with Crippen molar-refractivity contribution in [3.8, 4) is 0 Å². The maximum atomic E-state index is 11.8. The first-order valence-electron chi connectivity index (χ1n) is 6.16. The molecule has 0 heterocycles. The molecule has 0 aliphatic rings. The van der Waals surface area contributed by atoms with Crippen molar-refractivity contribution in [2.24, 2.45) is 0 Å². The average molecular weight is 386 g/mol. The first-order chi connectivity index (χ1) is 9.41. The Hall–Kier alpha value is -1.50. The lowest BCUT2D eigenvalue weighted by atomic mass is 10.0. The molecule has 1 N–H and O–H groups in total. The van der Waals surface area contributed by atoms with Gasteiger partial charge in [0.2, 0.25) is 11.6 Å². The van der Waals surface area contributed by atoms with Gasteiger partial charge in [0.15, 0.2) is 0 Å². The Kier molecular flexibility index (Phi) is 6.57. The van der Waals surface area contributed by atoms with Gasteiger partial charge in [0.05, 0.1) is 0 Å². The molecule has 0 radical (unpaired) electrons. The maximum Gasteiger partial charge on any atom is 0.330 e. The van der Waals surface area contributed by atoms with Gasteiger partial charge in [-0.2, -0.15) is 0 Å². The van der Waals surface area contributed by atoms with Crippen molar-refractivity contribution in [1.29, 1.82) is 0 Å². The van der Waals surface area contributed by atoms with E-state index >= 15 is 0 Å². The van der Waals surface area contributed by atoms with Crippen LogP contribution in [0.15, 0.2) is 36.4 Å². The lowest BCUT2D eigenvalue weighted by Gasteiger charge is -2.02. The predicted octanol–water partition coefficient (Wildman–Crippen LogP) is 3.24. The lowest BCUT2D eigenvalue weighted by Crippen LogP contribution is -2.13. The maximum absolute atomic E-state index is 11.8. The number of Topliss-reactive ketones (excluding diaryl/α,β-unsaturated/α-hetero) is 2. The van der Waals surface area contributed by atoms with Crippen LogP contribution >= 0.6 is 22.6 Å². The molecule has 0 spiro atoms. The van der Waals surface area contributed by atoms with Crippen LogP contribution in [-0.2, 0) is 9.59 Å². The van der Waals surface area contributed by atoms with E-state index in [1.807, 2.05) is 0 Å². The quantitative estimate of drug-likeness (QED) is 0.245. The molecular weight excluding hydrogens is 371 g/mol. The minimum Gasteiger partial charge on any atom is -0.478 e. The van der Waals surface area contributed by atoms with Gasteiger partial charge >= 0.3 is 5.97 Å². The first-order valence-corrected chi connectivity index (χ1v) is 7.24. The second-order valence-electron chi connectivity index (χ2n) is 4.38. The zero-order chi connectivity index (χ0) is 15.1. The number of unbranched alkanes of at least 4 members (excludes halogenated alkanes) is 1. The zero-order valence-electron chi connectivity index (χ0n) is 10.9. The fraction of sp³-hybridized carbons (Fsp3) is 0.267. The standard InChI is InChI=1S/C15H15IO4/c1-10(15(19)20)4-2-3-5-13(17)14(18)11-6-8-12(16)9-7-11/h6-9H,1-5H2,(H,19,20). The van der Waals surface area contributed by atoms with Gasteiger partial charge in [-0.15, -0.1) is 0 Å². The van der Waals surface area contributed by atoms with E-state index in [0.29, 0.717) is 24.8 Å². The largest absolute Gasteiger partial charge is 0.478 e. The minimum absolute atomic E-state index is 0.126. The van der Waals surface area contributed by atoms with Crippen molar-refractivity contribution < 1.29 is 19.5 Å². The summed E-state index contributed by atoms with van der Waals surface area (Å²) < 4.78 is 0.999. The topological polar surface area (TPSA) is 71.4 Å². The summed E-state index contributed by atoms with van der Waals surface area (Å²) in [6.45, 7) is 3.41. The summed E-state index contributed by atoms with van der Waals surface area (Å²) in [5.41, 5.74) is 0.520. The molecule has 4 nitrogen and oxygen atoms in total. The Bertz CT molecular complexity index is 531. The summed E-state index contributed by atoms with van der Waals surface area (Å²) in [6.07, 6.45) is 1.50. The van der Waals surface area contributed by atoms with Gasteiger partial charge in [0.25, 0.3) is 0 Å². The van der Waals surface area contributed by atoms with Crippen molar-refractivity contribution in [3.05, 3.63) is 45.6 Å². The van der Waals surface area contributed by atoms with Crippen LogP contribution in [0.4, 0.5) is 0 Å². The monoisotopic (exact) mass is 386 g/mol. The van der Waals surface area contributed by atoms with Gasteiger partial charge in [-0.05, 0) is 66.1 Å². The van der Waals surface area contributed by atoms with E-state index in [0.717, 1.165) is 3.57 Å².